The van der Waals surface area contributed by atoms with E-state index in [1.807, 2.05) is 30.3 Å². The third-order valence-corrected chi connectivity index (χ3v) is 2.19. The molecule has 0 aliphatic heterocycles. The lowest BCUT2D eigenvalue weighted by molar-refractivity contribution is 0.261. The Bertz CT molecular complexity index is 250. The minimum absolute atomic E-state index is 0.209. The highest BCUT2D eigenvalue weighted by Crippen LogP contribution is 2.11. The Labute approximate surface area is 75.3 Å². The molecule has 0 atom stereocenters. The molecule has 3 N–H and O–H groups in total. The first kappa shape index (κ1) is 9.09. The maximum absolute atomic E-state index is 10.7. The molecule has 0 aromatic heterocycles. The van der Waals surface area contributed by atoms with Crippen molar-refractivity contribution in [2.45, 2.75) is 5.75 Å². The average molecular weight is 182 g/mol. The van der Waals surface area contributed by atoms with Crippen LogP contribution in [0.15, 0.2) is 30.3 Å². The van der Waals surface area contributed by atoms with Crippen molar-refractivity contribution in [3.05, 3.63) is 35.9 Å². The van der Waals surface area contributed by atoms with Crippen LogP contribution in [0.1, 0.15) is 5.56 Å². The van der Waals surface area contributed by atoms with Crippen molar-refractivity contribution in [1.82, 2.24) is 5.43 Å². The van der Waals surface area contributed by atoms with Crippen molar-refractivity contribution < 1.29 is 4.79 Å². The molecule has 1 aromatic carbocycles. The monoisotopic (exact) mass is 182 g/mol. The summed E-state index contributed by atoms with van der Waals surface area (Å²) in [5.41, 5.74) is 3.18. The first-order chi connectivity index (χ1) is 5.83. The first-order valence-electron chi connectivity index (χ1n) is 3.50. The molecular formula is C8H10N2OS. The molecule has 0 radical (unpaired) electrons. The van der Waals surface area contributed by atoms with Crippen LogP contribution in [-0.2, 0) is 5.75 Å². The van der Waals surface area contributed by atoms with E-state index in [1.54, 1.807) is 0 Å². The van der Waals surface area contributed by atoms with Gasteiger partial charge in [-0.25, -0.2) is 5.84 Å². The SMILES string of the molecule is NNC(=O)SCc1ccccc1. The molecule has 0 aliphatic rings. The Morgan fingerprint density at radius 3 is 2.67 bits per heavy atom. The molecule has 1 amide bonds. The summed E-state index contributed by atoms with van der Waals surface area (Å²) in [6.07, 6.45) is 0. The standard InChI is InChI=1S/C8H10N2OS/c9-10-8(11)12-6-7-4-2-1-3-5-7/h1-5H,6,9H2,(H,10,11). The molecule has 3 nitrogen and oxygen atoms in total. The summed E-state index contributed by atoms with van der Waals surface area (Å²) in [6.45, 7) is 0. The first-order valence-corrected chi connectivity index (χ1v) is 4.49. The van der Waals surface area contributed by atoms with Crippen LogP contribution in [0.3, 0.4) is 0 Å². The lowest BCUT2D eigenvalue weighted by Crippen LogP contribution is -2.25. The summed E-state index contributed by atoms with van der Waals surface area (Å²) >= 11 is 1.15. The van der Waals surface area contributed by atoms with Crippen molar-refractivity contribution in [2.75, 3.05) is 0 Å². The molecule has 1 aromatic rings. The van der Waals surface area contributed by atoms with Crippen molar-refractivity contribution in [3.8, 4) is 0 Å². The minimum Gasteiger partial charge on any atom is -0.285 e. The topological polar surface area (TPSA) is 55.1 Å². The lowest BCUT2D eigenvalue weighted by Gasteiger charge is -1.98. The molecule has 4 heteroatoms. The molecule has 12 heavy (non-hydrogen) atoms. The van der Waals surface area contributed by atoms with Gasteiger partial charge in [-0.2, -0.15) is 0 Å². The van der Waals surface area contributed by atoms with Gasteiger partial charge in [0, 0.05) is 5.75 Å². The summed E-state index contributed by atoms with van der Waals surface area (Å²) in [6, 6.07) is 9.76. The number of carbonyl (C=O) groups excluding carboxylic acids is 1. The smallest absolute Gasteiger partial charge is 0.285 e. The second-order valence-electron chi connectivity index (χ2n) is 2.21. The molecule has 0 unspecified atom stereocenters. The van der Waals surface area contributed by atoms with Gasteiger partial charge in [-0.1, -0.05) is 42.1 Å². The zero-order valence-electron chi connectivity index (χ0n) is 6.49. The van der Waals surface area contributed by atoms with Gasteiger partial charge in [-0.15, -0.1) is 0 Å². The van der Waals surface area contributed by atoms with E-state index in [0.29, 0.717) is 5.75 Å². The van der Waals surface area contributed by atoms with Gasteiger partial charge in [-0.3, -0.25) is 10.2 Å². The Kier molecular flexibility index (Phi) is 3.63. The van der Waals surface area contributed by atoms with Crippen LogP contribution in [0.4, 0.5) is 4.79 Å². The highest BCUT2D eigenvalue weighted by atomic mass is 32.2. The Hall–Kier alpha value is -1.00. The number of hydrogen-bond acceptors (Lipinski definition) is 3. The number of nitrogens with two attached hydrogens (primary N) is 1. The number of rotatable bonds is 2. The summed E-state index contributed by atoms with van der Waals surface area (Å²) in [5.74, 6) is 5.57. The molecule has 64 valence electrons. The Morgan fingerprint density at radius 1 is 1.42 bits per heavy atom. The highest BCUT2D eigenvalue weighted by Gasteiger charge is 1.98. The van der Waals surface area contributed by atoms with Crippen LogP contribution in [0.25, 0.3) is 0 Å². The third-order valence-electron chi connectivity index (χ3n) is 1.33. The molecular weight excluding hydrogens is 172 g/mol. The van der Waals surface area contributed by atoms with E-state index < -0.39 is 0 Å². The van der Waals surface area contributed by atoms with Gasteiger partial charge in [0.2, 0.25) is 0 Å². The number of nitrogens with one attached hydrogen (secondary N) is 1. The maximum atomic E-state index is 10.7. The fourth-order valence-electron chi connectivity index (χ4n) is 0.765. The summed E-state index contributed by atoms with van der Waals surface area (Å²) in [7, 11) is 0. The highest BCUT2D eigenvalue weighted by molar-refractivity contribution is 8.12. The van der Waals surface area contributed by atoms with Crippen molar-refractivity contribution >= 4 is 17.0 Å². The Morgan fingerprint density at radius 2 is 2.08 bits per heavy atom. The lowest BCUT2D eigenvalue weighted by atomic mass is 10.2. The van der Waals surface area contributed by atoms with E-state index in [2.05, 4.69) is 5.43 Å². The number of hydrazine groups is 1. The summed E-state index contributed by atoms with van der Waals surface area (Å²) < 4.78 is 0. The van der Waals surface area contributed by atoms with Crippen LogP contribution < -0.4 is 11.3 Å². The van der Waals surface area contributed by atoms with E-state index in [0.717, 1.165) is 17.3 Å². The second kappa shape index (κ2) is 4.79. The molecule has 0 heterocycles. The third kappa shape index (κ3) is 2.94. The van der Waals surface area contributed by atoms with Gasteiger partial charge < -0.3 is 0 Å². The number of thioether (sulfide) groups is 1. The van der Waals surface area contributed by atoms with Gasteiger partial charge >= 0.3 is 0 Å². The number of hydrogen-bond donors (Lipinski definition) is 2. The van der Waals surface area contributed by atoms with Crippen LogP contribution >= 0.6 is 11.8 Å². The fraction of sp³-hybridized carbons (Fsp3) is 0.125. The minimum atomic E-state index is -0.209. The number of amides is 1. The zero-order valence-corrected chi connectivity index (χ0v) is 7.30. The molecule has 1 rings (SSSR count). The van der Waals surface area contributed by atoms with Crippen LogP contribution in [0, 0.1) is 0 Å². The number of benzene rings is 1. The van der Waals surface area contributed by atoms with Gasteiger partial charge in [0.1, 0.15) is 0 Å². The average Bonchev–Trinajstić information content (AvgIpc) is 2.16. The van der Waals surface area contributed by atoms with E-state index in [9.17, 15) is 4.79 Å². The van der Waals surface area contributed by atoms with E-state index in [4.69, 9.17) is 5.84 Å². The number of carbonyl (C=O) groups is 1. The molecule has 0 saturated heterocycles. The van der Waals surface area contributed by atoms with Crippen molar-refractivity contribution in [1.29, 1.82) is 0 Å². The summed E-state index contributed by atoms with van der Waals surface area (Å²) in [4.78, 5) is 10.7. The van der Waals surface area contributed by atoms with E-state index in [-0.39, 0.29) is 5.24 Å². The van der Waals surface area contributed by atoms with Crippen LogP contribution in [0.5, 0.6) is 0 Å². The molecule has 0 aliphatic carbocycles. The van der Waals surface area contributed by atoms with Crippen LogP contribution in [-0.4, -0.2) is 5.24 Å². The summed E-state index contributed by atoms with van der Waals surface area (Å²) in [5, 5.41) is -0.209. The van der Waals surface area contributed by atoms with Gasteiger partial charge in [0.15, 0.2) is 0 Å². The normalized spacial score (nSPS) is 9.42. The van der Waals surface area contributed by atoms with Gasteiger partial charge in [0.25, 0.3) is 5.24 Å². The quantitative estimate of drug-likeness (QED) is 0.414. The van der Waals surface area contributed by atoms with E-state index in [1.165, 1.54) is 0 Å². The largest absolute Gasteiger partial charge is 0.293 e. The fourth-order valence-corrected chi connectivity index (χ4v) is 1.34. The van der Waals surface area contributed by atoms with Crippen molar-refractivity contribution in [3.63, 3.8) is 0 Å². The predicted molar refractivity (Wildman–Crippen MR) is 50.5 cm³/mol. The zero-order chi connectivity index (χ0) is 8.81. The van der Waals surface area contributed by atoms with Crippen molar-refractivity contribution in [2.24, 2.45) is 5.84 Å². The van der Waals surface area contributed by atoms with Gasteiger partial charge in [0.05, 0.1) is 0 Å². The van der Waals surface area contributed by atoms with Gasteiger partial charge in [-0.05, 0) is 5.56 Å². The molecule has 0 spiro atoms. The maximum Gasteiger partial charge on any atom is 0.293 e. The second-order valence-corrected chi connectivity index (χ2v) is 3.15. The molecule has 0 saturated carbocycles. The molecule has 0 fully saturated rings. The molecule has 0 bridgehead atoms. The van der Waals surface area contributed by atoms with Crippen LogP contribution in [0.2, 0.25) is 0 Å². The predicted octanol–water partition coefficient (Wildman–Crippen LogP) is 1.50. The Balaban J connectivity index is 2.38. The van der Waals surface area contributed by atoms with E-state index >= 15 is 0 Å².